The van der Waals surface area contributed by atoms with Crippen LogP contribution in [0.1, 0.15) is 41.4 Å². The molecule has 1 heterocycles. The van der Waals surface area contributed by atoms with Crippen molar-refractivity contribution in [1.29, 1.82) is 0 Å². The summed E-state index contributed by atoms with van der Waals surface area (Å²) >= 11 is 6.10. The smallest absolute Gasteiger partial charge is 0.307 e. The first-order chi connectivity index (χ1) is 13.4. The monoisotopic (exact) mass is 399 g/mol. The standard InChI is InChI=1S/C22H22ClNO4/c1-3-4-11-28-17-8-5-15(6-9-17)22(27)24-14(2)18(13-21(25)26)19-12-16(23)7-10-20(19)24/h5-10,12H,3-4,11,13H2,1-2H3,(H,25,26). The predicted molar refractivity (Wildman–Crippen MR) is 110 cm³/mol. The Morgan fingerprint density at radius 1 is 1.14 bits per heavy atom. The third-order valence-electron chi connectivity index (χ3n) is 4.70. The number of carbonyl (C=O) groups is 2. The lowest BCUT2D eigenvalue weighted by atomic mass is 10.1. The molecule has 0 radical (unpaired) electrons. The van der Waals surface area contributed by atoms with Gasteiger partial charge in [-0.1, -0.05) is 24.9 Å². The molecule has 28 heavy (non-hydrogen) atoms. The number of carbonyl (C=O) groups excluding carboxylic acids is 1. The Labute approximate surface area is 168 Å². The Morgan fingerprint density at radius 2 is 1.86 bits per heavy atom. The zero-order valence-corrected chi connectivity index (χ0v) is 16.6. The van der Waals surface area contributed by atoms with Crippen molar-refractivity contribution in [1.82, 2.24) is 4.57 Å². The van der Waals surface area contributed by atoms with E-state index in [9.17, 15) is 14.7 Å². The first kappa shape index (κ1) is 20.0. The highest BCUT2D eigenvalue weighted by Crippen LogP contribution is 2.30. The molecule has 0 fully saturated rings. The Bertz CT molecular complexity index is 1020. The average Bonchev–Trinajstić information content (AvgIpc) is 2.93. The number of rotatable bonds is 7. The van der Waals surface area contributed by atoms with Crippen LogP contribution in [0, 0.1) is 6.92 Å². The van der Waals surface area contributed by atoms with Crippen molar-refractivity contribution < 1.29 is 19.4 Å². The van der Waals surface area contributed by atoms with Gasteiger partial charge in [-0.3, -0.25) is 14.2 Å². The van der Waals surface area contributed by atoms with E-state index in [1.165, 1.54) is 0 Å². The zero-order chi connectivity index (χ0) is 20.3. The van der Waals surface area contributed by atoms with Crippen molar-refractivity contribution in [2.24, 2.45) is 0 Å². The SMILES string of the molecule is CCCCOc1ccc(C(=O)n2c(C)c(CC(=O)O)c3cc(Cl)ccc32)cc1. The molecule has 0 aliphatic carbocycles. The van der Waals surface area contributed by atoms with Gasteiger partial charge in [-0.2, -0.15) is 0 Å². The summed E-state index contributed by atoms with van der Waals surface area (Å²) in [6, 6.07) is 12.1. The summed E-state index contributed by atoms with van der Waals surface area (Å²) in [5.74, 6) is -0.456. The Hall–Kier alpha value is -2.79. The van der Waals surface area contributed by atoms with Crippen LogP contribution in [0.25, 0.3) is 10.9 Å². The van der Waals surface area contributed by atoms with Gasteiger partial charge in [0.15, 0.2) is 0 Å². The number of benzene rings is 2. The van der Waals surface area contributed by atoms with Gasteiger partial charge in [0.1, 0.15) is 5.75 Å². The Morgan fingerprint density at radius 3 is 2.50 bits per heavy atom. The van der Waals surface area contributed by atoms with E-state index in [-0.39, 0.29) is 12.3 Å². The van der Waals surface area contributed by atoms with Crippen LogP contribution in [0.3, 0.4) is 0 Å². The van der Waals surface area contributed by atoms with Crippen molar-refractivity contribution in [2.45, 2.75) is 33.1 Å². The number of aromatic nitrogens is 1. The second-order valence-corrected chi connectivity index (χ2v) is 7.10. The van der Waals surface area contributed by atoms with Gasteiger partial charge in [0.25, 0.3) is 5.91 Å². The van der Waals surface area contributed by atoms with Gasteiger partial charge in [-0.05, 0) is 61.4 Å². The summed E-state index contributed by atoms with van der Waals surface area (Å²) in [5, 5.41) is 10.4. The first-order valence-electron chi connectivity index (χ1n) is 9.21. The second-order valence-electron chi connectivity index (χ2n) is 6.66. The molecule has 3 aromatic rings. The highest BCUT2D eigenvalue weighted by molar-refractivity contribution is 6.31. The maximum Gasteiger partial charge on any atom is 0.307 e. The predicted octanol–water partition coefficient (Wildman–Crippen LogP) is 5.10. The number of nitrogens with zero attached hydrogens (tertiary/aromatic N) is 1. The summed E-state index contributed by atoms with van der Waals surface area (Å²) in [6.45, 7) is 4.50. The minimum absolute atomic E-state index is 0.173. The fraction of sp³-hybridized carbons (Fsp3) is 0.273. The number of fused-ring (bicyclic) bond motifs is 1. The number of halogens is 1. The number of unbranched alkanes of at least 4 members (excludes halogenated alkanes) is 1. The molecule has 5 nitrogen and oxygen atoms in total. The van der Waals surface area contributed by atoms with E-state index in [0.29, 0.717) is 39.4 Å². The van der Waals surface area contributed by atoms with Gasteiger partial charge in [0, 0.05) is 21.7 Å². The molecule has 0 saturated heterocycles. The van der Waals surface area contributed by atoms with Crippen LogP contribution < -0.4 is 4.74 Å². The van der Waals surface area contributed by atoms with E-state index in [1.807, 2.05) is 0 Å². The highest BCUT2D eigenvalue weighted by Gasteiger charge is 2.21. The van der Waals surface area contributed by atoms with Crippen molar-refractivity contribution in [3.8, 4) is 5.75 Å². The Balaban J connectivity index is 1.99. The fourth-order valence-corrected chi connectivity index (χ4v) is 3.42. The third-order valence-corrected chi connectivity index (χ3v) is 4.93. The minimum atomic E-state index is -0.955. The van der Waals surface area contributed by atoms with Gasteiger partial charge < -0.3 is 9.84 Å². The number of aliphatic carboxylic acids is 1. The van der Waals surface area contributed by atoms with Crippen molar-refractivity contribution in [2.75, 3.05) is 6.61 Å². The average molecular weight is 400 g/mol. The molecule has 0 atom stereocenters. The normalized spacial score (nSPS) is 11.0. The topological polar surface area (TPSA) is 68.5 Å². The first-order valence-corrected chi connectivity index (χ1v) is 9.59. The van der Waals surface area contributed by atoms with E-state index in [4.69, 9.17) is 16.3 Å². The number of hydrogen-bond acceptors (Lipinski definition) is 3. The molecule has 0 aliphatic heterocycles. The van der Waals surface area contributed by atoms with Gasteiger partial charge >= 0.3 is 5.97 Å². The molecule has 1 N–H and O–H groups in total. The number of carboxylic acids is 1. The summed E-state index contributed by atoms with van der Waals surface area (Å²) in [6.07, 6.45) is 1.86. The lowest BCUT2D eigenvalue weighted by Gasteiger charge is -2.09. The summed E-state index contributed by atoms with van der Waals surface area (Å²) in [5.41, 5.74) is 2.34. The molecule has 0 bridgehead atoms. The third kappa shape index (κ3) is 4.04. The second kappa shape index (κ2) is 8.48. The highest BCUT2D eigenvalue weighted by atomic mass is 35.5. The van der Waals surface area contributed by atoms with Gasteiger partial charge in [0.05, 0.1) is 18.5 Å². The number of ether oxygens (including phenoxy) is 1. The van der Waals surface area contributed by atoms with Crippen molar-refractivity contribution in [3.63, 3.8) is 0 Å². The molecule has 146 valence electrons. The zero-order valence-electron chi connectivity index (χ0n) is 15.9. The van der Waals surface area contributed by atoms with E-state index in [0.717, 1.165) is 18.6 Å². The molecule has 0 spiro atoms. The molecule has 0 aliphatic rings. The van der Waals surface area contributed by atoms with Crippen LogP contribution in [-0.4, -0.2) is 28.2 Å². The van der Waals surface area contributed by atoms with Gasteiger partial charge in [-0.25, -0.2) is 0 Å². The summed E-state index contributed by atoms with van der Waals surface area (Å²) in [4.78, 5) is 24.5. The Kier molecular flexibility index (Phi) is 6.05. The molecular formula is C22H22ClNO4. The lowest BCUT2D eigenvalue weighted by molar-refractivity contribution is -0.136. The molecular weight excluding hydrogens is 378 g/mol. The largest absolute Gasteiger partial charge is 0.494 e. The number of carboxylic acid groups (broad SMARTS) is 1. The molecule has 6 heteroatoms. The minimum Gasteiger partial charge on any atom is -0.494 e. The van der Waals surface area contributed by atoms with Crippen LogP contribution in [0.4, 0.5) is 0 Å². The van der Waals surface area contributed by atoms with Crippen molar-refractivity contribution >= 4 is 34.4 Å². The van der Waals surface area contributed by atoms with E-state index in [1.54, 1.807) is 54.0 Å². The van der Waals surface area contributed by atoms with E-state index in [2.05, 4.69) is 6.92 Å². The van der Waals surface area contributed by atoms with Crippen LogP contribution in [0.15, 0.2) is 42.5 Å². The lowest BCUT2D eigenvalue weighted by Crippen LogP contribution is -2.14. The van der Waals surface area contributed by atoms with Crippen LogP contribution in [0.2, 0.25) is 5.02 Å². The summed E-state index contributed by atoms with van der Waals surface area (Å²) < 4.78 is 7.20. The quantitative estimate of drug-likeness (QED) is 0.561. The molecule has 3 rings (SSSR count). The summed E-state index contributed by atoms with van der Waals surface area (Å²) in [7, 11) is 0. The molecule has 0 saturated carbocycles. The fourth-order valence-electron chi connectivity index (χ4n) is 3.25. The van der Waals surface area contributed by atoms with Crippen molar-refractivity contribution in [3.05, 3.63) is 64.3 Å². The number of hydrogen-bond donors (Lipinski definition) is 1. The molecule has 1 aromatic heterocycles. The van der Waals surface area contributed by atoms with Crippen LogP contribution in [-0.2, 0) is 11.2 Å². The molecule has 2 aromatic carbocycles. The molecule has 0 unspecified atom stereocenters. The van der Waals surface area contributed by atoms with E-state index >= 15 is 0 Å². The van der Waals surface area contributed by atoms with Gasteiger partial charge in [0.2, 0.25) is 0 Å². The van der Waals surface area contributed by atoms with Crippen LogP contribution >= 0.6 is 11.6 Å². The maximum absolute atomic E-state index is 13.2. The van der Waals surface area contributed by atoms with Gasteiger partial charge in [-0.15, -0.1) is 0 Å². The molecule has 0 amide bonds. The van der Waals surface area contributed by atoms with Crippen LogP contribution in [0.5, 0.6) is 5.75 Å². The van der Waals surface area contributed by atoms with E-state index < -0.39 is 5.97 Å². The maximum atomic E-state index is 13.2.